The molecule has 2 aliphatic heterocycles. The van der Waals surface area contributed by atoms with Crippen LogP contribution in [0.15, 0.2) is 21.3 Å². The van der Waals surface area contributed by atoms with Crippen LogP contribution in [0.5, 0.6) is 0 Å². The maximum Gasteiger partial charge on any atom is 0.416 e. The fraction of sp³-hybridized carbons (Fsp3) is 0.533. The molecule has 1 N–H and O–H groups in total. The number of aromatic nitrogens is 4. The molecule has 0 atom stereocenters. The van der Waals surface area contributed by atoms with Crippen molar-refractivity contribution in [3.8, 4) is 0 Å². The molecule has 0 aromatic carbocycles. The summed E-state index contributed by atoms with van der Waals surface area (Å²) in [6, 6.07) is 0. The SMILES string of the molecule is Brc1cnn2c1NCC2.CC(C)(C)OC(=O)N1CCn2ncc(Br)c21. The maximum atomic E-state index is 11.9. The second-order valence-electron chi connectivity index (χ2n) is 6.66. The predicted molar refractivity (Wildman–Crippen MR) is 102 cm³/mol. The van der Waals surface area contributed by atoms with E-state index in [9.17, 15) is 4.79 Å². The number of ether oxygens (including phenoxy) is 1. The number of hydrogen-bond acceptors (Lipinski definition) is 5. The van der Waals surface area contributed by atoms with Gasteiger partial charge in [-0.15, -0.1) is 0 Å². The molecule has 1 amide bonds. The molecule has 2 aromatic heterocycles. The van der Waals surface area contributed by atoms with Crippen molar-refractivity contribution in [2.45, 2.75) is 39.5 Å². The average Bonchev–Trinajstić information content (AvgIpc) is 3.24. The third-order valence-electron chi connectivity index (χ3n) is 3.58. The Hall–Kier alpha value is -1.55. The normalized spacial score (nSPS) is 15.2. The summed E-state index contributed by atoms with van der Waals surface area (Å²) in [5.74, 6) is 1.88. The molecule has 4 rings (SSSR count). The molecule has 0 radical (unpaired) electrons. The second-order valence-corrected chi connectivity index (χ2v) is 8.37. The second kappa shape index (κ2) is 6.99. The van der Waals surface area contributed by atoms with Crippen molar-refractivity contribution in [2.24, 2.45) is 0 Å². The maximum absolute atomic E-state index is 11.9. The van der Waals surface area contributed by atoms with Crippen LogP contribution in [-0.2, 0) is 17.8 Å². The summed E-state index contributed by atoms with van der Waals surface area (Å²) >= 11 is 6.74. The Labute approximate surface area is 162 Å². The van der Waals surface area contributed by atoms with Gasteiger partial charge in [0.05, 0.1) is 41.0 Å². The van der Waals surface area contributed by atoms with Crippen LogP contribution >= 0.6 is 31.9 Å². The van der Waals surface area contributed by atoms with Crippen molar-refractivity contribution in [3.63, 3.8) is 0 Å². The minimum absolute atomic E-state index is 0.326. The predicted octanol–water partition coefficient (Wildman–Crippen LogP) is 3.47. The van der Waals surface area contributed by atoms with Gasteiger partial charge >= 0.3 is 6.09 Å². The van der Waals surface area contributed by atoms with Crippen LogP contribution in [0, 0.1) is 0 Å². The van der Waals surface area contributed by atoms with Crippen molar-refractivity contribution >= 4 is 49.6 Å². The topological polar surface area (TPSA) is 77.2 Å². The number of amides is 1. The Morgan fingerprint density at radius 1 is 1.12 bits per heavy atom. The van der Waals surface area contributed by atoms with Gasteiger partial charge in [0.2, 0.25) is 0 Å². The number of carbonyl (C=O) groups excluding carboxylic acids is 1. The molecule has 4 heterocycles. The summed E-state index contributed by atoms with van der Waals surface area (Å²) < 4.78 is 10.9. The number of nitrogens with zero attached hydrogens (tertiary/aromatic N) is 5. The molecule has 0 spiro atoms. The number of nitrogens with one attached hydrogen (secondary N) is 1. The third-order valence-corrected chi connectivity index (χ3v) is 4.72. The van der Waals surface area contributed by atoms with Gasteiger partial charge in [-0.05, 0) is 52.6 Å². The van der Waals surface area contributed by atoms with Crippen LogP contribution in [-0.4, -0.2) is 44.3 Å². The minimum Gasteiger partial charge on any atom is -0.443 e. The highest BCUT2D eigenvalue weighted by molar-refractivity contribution is 9.11. The van der Waals surface area contributed by atoms with E-state index in [1.807, 2.05) is 31.6 Å². The van der Waals surface area contributed by atoms with Crippen LogP contribution in [0.25, 0.3) is 0 Å². The number of anilines is 2. The molecular weight excluding hydrogens is 456 g/mol. The zero-order valence-corrected chi connectivity index (χ0v) is 17.5. The van der Waals surface area contributed by atoms with Crippen LogP contribution in [0.4, 0.5) is 16.4 Å². The quantitative estimate of drug-likeness (QED) is 0.631. The standard InChI is InChI=1S/C10H14BrN3O2.C5H6BrN3/c1-10(2,3)16-9(15)13-4-5-14-8(13)7(11)6-12-14;6-4-3-8-9-2-1-7-5(4)9/h6H,4-5H2,1-3H3;3,7H,1-2H2. The molecule has 10 heteroatoms. The van der Waals surface area contributed by atoms with Gasteiger partial charge in [-0.25, -0.2) is 14.2 Å². The fourth-order valence-corrected chi connectivity index (χ4v) is 3.52. The summed E-state index contributed by atoms with van der Waals surface area (Å²) in [4.78, 5) is 13.5. The smallest absolute Gasteiger partial charge is 0.416 e. The first-order valence-corrected chi connectivity index (χ1v) is 9.52. The first kappa shape index (κ1) is 18.2. The van der Waals surface area contributed by atoms with E-state index >= 15 is 0 Å². The van der Waals surface area contributed by atoms with E-state index in [4.69, 9.17) is 4.74 Å². The van der Waals surface area contributed by atoms with E-state index in [0.29, 0.717) is 13.1 Å². The van der Waals surface area contributed by atoms with Crippen LogP contribution in [0.3, 0.4) is 0 Å². The van der Waals surface area contributed by atoms with Gasteiger partial charge in [-0.2, -0.15) is 10.2 Å². The van der Waals surface area contributed by atoms with Crippen molar-refractivity contribution in [1.82, 2.24) is 19.6 Å². The highest BCUT2D eigenvalue weighted by Crippen LogP contribution is 2.31. The number of carbonyl (C=O) groups is 1. The van der Waals surface area contributed by atoms with Gasteiger partial charge in [0.15, 0.2) is 5.82 Å². The van der Waals surface area contributed by atoms with E-state index in [1.165, 1.54) is 0 Å². The lowest BCUT2D eigenvalue weighted by Gasteiger charge is -2.23. The Morgan fingerprint density at radius 3 is 2.48 bits per heavy atom. The zero-order valence-electron chi connectivity index (χ0n) is 14.3. The lowest BCUT2D eigenvalue weighted by molar-refractivity contribution is 0.0584. The fourth-order valence-electron chi connectivity index (χ4n) is 2.57. The lowest BCUT2D eigenvalue weighted by atomic mass is 10.2. The van der Waals surface area contributed by atoms with Crippen molar-refractivity contribution in [1.29, 1.82) is 0 Å². The largest absolute Gasteiger partial charge is 0.443 e. The monoisotopic (exact) mass is 474 g/mol. The first-order chi connectivity index (χ1) is 11.8. The molecule has 8 nitrogen and oxygen atoms in total. The molecule has 2 aromatic rings. The third kappa shape index (κ3) is 4.00. The van der Waals surface area contributed by atoms with Crippen molar-refractivity contribution in [3.05, 3.63) is 21.3 Å². The Kier molecular flexibility index (Phi) is 5.10. The molecule has 0 aliphatic carbocycles. The van der Waals surface area contributed by atoms with Gasteiger partial charge in [0, 0.05) is 6.54 Å². The van der Waals surface area contributed by atoms with E-state index < -0.39 is 5.60 Å². The van der Waals surface area contributed by atoms with Gasteiger partial charge in [-0.1, -0.05) is 0 Å². The molecule has 0 saturated heterocycles. The van der Waals surface area contributed by atoms with E-state index in [1.54, 1.807) is 15.8 Å². The minimum atomic E-state index is -0.475. The molecule has 0 fully saturated rings. The van der Waals surface area contributed by atoms with Crippen LogP contribution in [0.1, 0.15) is 20.8 Å². The highest BCUT2D eigenvalue weighted by Gasteiger charge is 2.31. The number of hydrogen-bond donors (Lipinski definition) is 1. The molecule has 2 aliphatic rings. The summed E-state index contributed by atoms with van der Waals surface area (Å²) in [7, 11) is 0. The summed E-state index contributed by atoms with van der Waals surface area (Å²) in [6.45, 7) is 8.87. The number of fused-ring (bicyclic) bond motifs is 2. The average molecular weight is 476 g/mol. The summed E-state index contributed by atoms with van der Waals surface area (Å²) in [5, 5.41) is 11.5. The van der Waals surface area contributed by atoms with Gasteiger partial charge in [0.1, 0.15) is 11.4 Å². The summed E-state index contributed by atoms with van der Waals surface area (Å²) in [5.41, 5.74) is -0.475. The molecule has 0 bridgehead atoms. The lowest BCUT2D eigenvalue weighted by Crippen LogP contribution is -2.35. The molecule has 0 unspecified atom stereocenters. The molecule has 0 saturated carbocycles. The molecular formula is C15H20Br2N6O2. The van der Waals surface area contributed by atoms with Crippen LogP contribution < -0.4 is 10.2 Å². The van der Waals surface area contributed by atoms with Gasteiger partial charge < -0.3 is 10.1 Å². The Balaban J connectivity index is 0.000000170. The van der Waals surface area contributed by atoms with E-state index in [-0.39, 0.29) is 6.09 Å². The Morgan fingerprint density at radius 2 is 1.80 bits per heavy atom. The van der Waals surface area contributed by atoms with Crippen molar-refractivity contribution < 1.29 is 9.53 Å². The van der Waals surface area contributed by atoms with Crippen molar-refractivity contribution in [2.75, 3.05) is 23.3 Å². The van der Waals surface area contributed by atoms with Crippen LogP contribution in [0.2, 0.25) is 0 Å². The summed E-state index contributed by atoms with van der Waals surface area (Å²) in [6.07, 6.45) is 3.17. The van der Waals surface area contributed by atoms with E-state index in [2.05, 4.69) is 47.4 Å². The van der Waals surface area contributed by atoms with E-state index in [0.717, 1.165) is 33.7 Å². The first-order valence-electron chi connectivity index (χ1n) is 7.93. The number of halogens is 2. The Bertz CT molecular complexity index is 780. The van der Waals surface area contributed by atoms with Gasteiger partial charge in [0.25, 0.3) is 0 Å². The molecule has 136 valence electrons. The molecule has 25 heavy (non-hydrogen) atoms. The van der Waals surface area contributed by atoms with Gasteiger partial charge in [-0.3, -0.25) is 4.90 Å². The zero-order chi connectivity index (χ0) is 18.2. The number of rotatable bonds is 0. The highest BCUT2D eigenvalue weighted by atomic mass is 79.9.